The third kappa shape index (κ3) is 2.87. The number of fused-ring (bicyclic) bond motifs is 1. The molecule has 2 aromatic rings. The maximum Gasteiger partial charge on any atom is 0.110 e. The van der Waals surface area contributed by atoms with Crippen LogP contribution in [0, 0.1) is 12.3 Å². The number of piperidine rings is 1. The highest BCUT2D eigenvalue weighted by atomic mass is 16.5. The normalized spacial score (nSPS) is 26.2. The number of aromatic nitrogens is 2. The summed E-state index contributed by atoms with van der Waals surface area (Å²) in [5, 5.41) is 10.4. The molecule has 3 heterocycles. The molecule has 2 aliphatic rings. The van der Waals surface area contributed by atoms with E-state index in [2.05, 4.69) is 27.6 Å². The lowest BCUT2D eigenvalue weighted by Gasteiger charge is -2.56. The molecule has 0 bridgehead atoms. The highest BCUT2D eigenvalue weighted by Crippen LogP contribution is 2.51. The Morgan fingerprint density at radius 1 is 1.36 bits per heavy atom. The second kappa shape index (κ2) is 6.68. The van der Waals surface area contributed by atoms with Gasteiger partial charge in [-0.2, -0.15) is 0 Å². The number of hydrogen-bond acceptors (Lipinski definition) is 5. The maximum atomic E-state index is 10.4. The van der Waals surface area contributed by atoms with Gasteiger partial charge in [-0.3, -0.25) is 4.90 Å². The van der Waals surface area contributed by atoms with Crippen LogP contribution in [0.5, 0.6) is 0 Å². The fourth-order valence-electron chi connectivity index (χ4n) is 4.55. The molecule has 6 nitrogen and oxygen atoms in total. The molecule has 0 unspecified atom stereocenters. The first-order valence-corrected chi connectivity index (χ1v) is 9.29. The van der Waals surface area contributed by atoms with E-state index in [1.165, 1.54) is 5.52 Å². The van der Waals surface area contributed by atoms with Crippen molar-refractivity contribution in [3.8, 4) is 0 Å². The Hall–Kier alpha value is -1.47. The van der Waals surface area contributed by atoms with Crippen LogP contribution in [0.3, 0.4) is 0 Å². The molecule has 1 saturated carbocycles. The van der Waals surface area contributed by atoms with Crippen molar-refractivity contribution in [3.05, 3.63) is 35.9 Å². The van der Waals surface area contributed by atoms with Crippen LogP contribution in [0.15, 0.2) is 24.4 Å². The second-order valence-corrected chi connectivity index (χ2v) is 7.47. The molecule has 0 aromatic carbocycles. The molecule has 2 atom stereocenters. The highest BCUT2D eigenvalue weighted by molar-refractivity contribution is 5.53. The smallest absolute Gasteiger partial charge is 0.110 e. The summed E-state index contributed by atoms with van der Waals surface area (Å²) in [5.41, 5.74) is 7.83. The summed E-state index contributed by atoms with van der Waals surface area (Å²) < 4.78 is 8.03. The van der Waals surface area contributed by atoms with E-state index in [9.17, 15) is 5.11 Å². The number of hydrogen-bond donors (Lipinski definition) is 2. The van der Waals surface area contributed by atoms with Gasteiger partial charge in [-0.05, 0) is 45.0 Å². The SMILES string of the molecule is Cc1nc(CN2CCC3(CC2)[C@H](O)C[C@@H]3OCCN)c2ccccn12. The molecule has 0 radical (unpaired) electrons. The Labute approximate surface area is 148 Å². The van der Waals surface area contributed by atoms with Crippen LogP contribution in [-0.4, -0.2) is 57.8 Å². The van der Waals surface area contributed by atoms with Gasteiger partial charge in [0.15, 0.2) is 0 Å². The Balaban J connectivity index is 1.42. The van der Waals surface area contributed by atoms with Gasteiger partial charge in [-0.15, -0.1) is 0 Å². The largest absolute Gasteiger partial charge is 0.392 e. The molecule has 1 saturated heterocycles. The molecule has 1 aliphatic heterocycles. The van der Waals surface area contributed by atoms with Gasteiger partial charge in [-0.25, -0.2) is 4.98 Å². The molecule has 1 spiro atoms. The van der Waals surface area contributed by atoms with Crippen LogP contribution in [0.1, 0.15) is 30.8 Å². The van der Waals surface area contributed by atoms with Gasteiger partial charge in [0, 0.05) is 31.1 Å². The van der Waals surface area contributed by atoms with Crippen molar-refractivity contribution in [2.24, 2.45) is 11.1 Å². The predicted molar refractivity (Wildman–Crippen MR) is 96.3 cm³/mol. The lowest BCUT2D eigenvalue weighted by Crippen LogP contribution is -2.62. The first kappa shape index (κ1) is 17.0. The van der Waals surface area contributed by atoms with E-state index in [1.807, 2.05) is 13.0 Å². The fraction of sp³-hybridized carbons (Fsp3) is 0.632. The Morgan fingerprint density at radius 3 is 2.88 bits per heavy atom. The predicted octanol–water partition coefficient (Wildman–Crippen LogP) is 1.33. The zero-order chi connectivity index (χ0) is 17.4. The number of likely N-dealkylation sites (tertiary alicyclic amines) is 1. The lowest BCUT2D eigenvalue weighted by molar-refractivity contribution is -0.210. The summed E-state index contributed by atoms with van der Waals surface area (Å²) in [6.45, 7) is 5.99. The van der Waals surface area contributed by atoms with Gasteiger partial charge in [0.1, 0.15) is 5.82 Å². The Bertz CT molecular complexity index is 736. The van der Waals surface area contributed by atoms with E-state index < -0.39 is 0 Å². The van der Waals surface area contributed by atoms with Crippen LogP contribution in [0.25, 0.3) is 5.52 Å². The van der Waals surface area contributed by atoms with E-state index >= 15 is 0 Å². The van der Waals surface area contributed by atoms with Crippen LogP contribution in [-0.2, 0) is 11.3 Å². The van der Waals surface area contributed by atoms with Crippen LogP contribution >= 0.6 is 0 Å². The van der Waals surface area contributed by atoms with Gasteiger partial charge in [0.25, 0.3) is 0 Å². The van der Waals surface area contributed by atoms with Crippen molar-refractivity contribution in [1.29, 1.82) is 0 Å². The summed E-state index contributed by atoms with van der Waals surface area (Å²) in [6.07, 6.45) is 4.72. The molecular formula is C19H28N4O2. The van der Waals surface area contributed by atoms with E-state index in [0.717, 1.165) is 50.4 Å². The van der Waals surface area contributed by atoms with Crippen LogP contribution < -0.4 is 5.73 Å². The number of rotatable bonds is 5. The summed E-state index contributed by atoms with van der Waals surface area (Å²) >= 11 is 0. The zero-order valence-electron chi connectivity index (χ0n) is 14.9. The molecular weight excluding hydrogens is 316 g/mol. The molecule has 6 heteroatoms. The van der Waals surface area contributed by atoms with Crippen molar-refractivity contribution in [1.82, 2.24) is 14.3 Å². The minimum absolute atomic E-state index is 0.0577. The number of imidazole rings is 1. The average molecular weight is 344 g/mol. The minimum Gasteiger partial charge on any atom is -0.392 e. The van der Waals surface area contributed by atoms with Gasteiger partial charge in [0.2, 0.25) is 0 Å². The molecule has 0 amide bonds. The summed E-state index contributed by atoms with van der Waals surface area (Å²) in [5.74, 6) is 1.03. The average Bonchev–Trinajstić information content (AvgIpc) is 2.95. The fourth-order valence-corrected chi connectivity index (χ4v) is 4.55. The van der Waals surface area contributed by atoms with Crippen LogP contribution in [0.4, 0.5) is 0 Å². The van der Waals surface area contributed by atoms with E-state index in [0.29, 0.717) is 13.2 Å². The van der Waals surface area contributed by atoms with E-state index in [1.54, 1.807) is 0 Å². The number of nitrogens with zero attached hydrogens (tertiary/aromatic N) is 3. The first-order valence-electron chi connectivity index (χ1n) is 9.29. The quantitative estimate of drug-likeness (QED) is 0.856. The number of ether oxygens (including phenoxy) is 1. The van der Waals surface area contributed by atoms with Crippen LogP contribution in [0.2, 0.25) is 0 Å². The van der Waals surface area contributed by atoms with Gasteiger partial charge < -0.3 is 20.0 Å². The molecule has 25 heavy (non-hydrogen) atoms. The summed E-state index contributed by atoms with van der Waals surface area (Å²) in [6, 6.07) is 6.23. The Morgan fingerprint density at radius 2 is 2.16 bits per heavy atom. The van der Waals surface area contributed by atoms with Crippen molar-refractivity contribution in [3.63, 3.8) is 0 Å². The van der Waals surface area contributed by atoms with Gasteiger partial charge >= 0.3 is 0 Å². The first-order chi connectivity index (χ1) is 12.1. The summed E-state index contributed by atoms with van der Waals surface area (Å²) in [7, 11) is 0. The van der Waals surface area contributed by atoms with Crippen molar-refractivity contribution in [2.45, 2.75) is 44.9 Å². The Kier molecular flexibility index (Phi) is 4.54. The maximum absolute atomic E-state index is 10.4. The standard InChI is InChI=1S/C19H28N4O2/c1-14-21-15(16-4-2-3-8-23(14)16)13-22-9-5-19(6-10-22)17(24)12-18(19)25-11-7-20/h2-4,8,17-18,24H,5-7,9-13,20H2,1H3/t17-,18+/m1/s1. The molecule has 1 aliphatic carbocycles. The summed E-state index contributed by atoms with van der Waals surface area (Å²) in [4.78, 5) is 7.21. The lowest BCUT2D eigenvalue weighted by atomic mass is 9.58. The third-order valence-corrected chi connectivity index (χ3v) is 6.14. The molecule has 136 valence electrons. The highest BCUT2D eigenvalue weighted by Gasteiger charge is 2.56. The van der Waals surface area contributed by atoms with Crippen molar-refractivity contribution < 1.29 is 9.84 Å². The van der Waals surface area contributed by atoms with Crippen molar-refractivity contribution in [2.75, 3.05) is 26.2 Å². The van der Waals surface area contributed by atoms with Gasteiger partial charge in [0.05, 0.1) is 30.0 Å². The topological polar surface area (TPSA) is 76.0 Å². The van der Waals surface area contributed by atoms with E-state index in [-0.39, 0.29) is 17.6 Å². The number of aliphatic hydroxyl groups is 1. The molecule has 2 aromatic heterocycles. The second-order valence-electron chi connectivity index (χ2n) is 7.47. The monoisotopic (exact) mass is 344 g/mol. The zero-order valence-corrected chi connectivity index (χ0v) is 14.9. The third-order valence-electron chi connectivity index (χ3n) is 6.14. The number of aliphatic hydroxyl groups excluding tert-OH is 1. The molecule has 4 rings (SSSR count). The number of nitrogens with two attached hydrogens (primary N) is 1. The van der Waals surface area contributed by atoms with Crippen molar-refractivity contribution >= 4 is 5.52 Å². The molecule has 3 N–H and O–H groups in total. The number of aryl methyl sites for hydroxylation is 1. The number of pyridine rings is 1. The molecule has 2 fully saturated rings. The minimum atomic E-state index is -0.229. The van der Waals surface area contributed by atoms with E-state index in [4.69, 9.17) is 15.5 Å². The van der Waals surface area contributed by atoms with Gasteiger partial charge in [-0.1, -0.05) is 6.07 Å².